The number of carbonyl (C=O) groups excluding carboxylic acids is 1. The molecule has 0 aliphatic heterocycles. The third-order valence-electron chi connectivity index (χ3n) is 4.45. The molecule has 0 spiro atoms. The van der Waals surface area contributed by atoms with Gasteiger partial charge in [0.2, 0.25) is 15.9 Å². The lowest BCUT2D eigenvalue weighted by molar-refractivity contribution is -0.122. The van der Waals surface area contributed by atoms with Gasteiger partial charge in [0.05, 0.1) is 11.9 Å². The zero-order valence-corrected chi connectivity index (χ0v) is 16.8. The highest BCUT2D eigenvalue weighted by Gasteiger charge is 2.31. The van der Waals surface area contributed by atoms with Crippen LogP contribution >= 0.6 is 0 Å². The molecule has 0 aromatic heterocycles. The molecule has 0 aliphatic rings. The van der Waals surface area contributed by atoms with Crippen molar-refractivity contribution in [1.82, 2.24) is 5.32 Å². The Labute approximate surface area is 160 Å². The van der Waals surface area contributed by atoms with Gasteiger partial charge >= 0.3 is 0 Å². The summed E-state index contributed by atoms with van der Waals surface area (Å²) in [5, 5.41) is 2.75. The standard InChI is InChI=1S/C20H25FN2O3S/c1-5-19(20(24)22-13-16-7-9-17(21)10-8-16)23(27(4,25)26)18-11-6-14(2)15(3)12-18/h6-12,19H,5,13H2,1-4H3,(H,22,24)/t19-/m0/s1. The van der Waals surface area contributed by atoms with Crippen molar-refractivity contribution in [2.24, 2.45) is 0 Å². The molecule has 146 valence electrons. The third kappa shape index (κ3) is 5.29. The Kier molecular flexibility index (Phi) is 6.59. The van der Waals surface area contributed by atoms with E-state index < -0.39 is 22.0 Å². The Morgan fingerprint density at radius 1 is 1.11 bits per heavy atom. The molecule has 27 heavy (non-hydrogen) atoms. The number of sulfonamides is 1. The molecule has 0 fully saturated rings. The summed E-state index contributed by atoms with van der Waals surface area (Å²) >= 11 is 0. The van der Waals surface area contributed by atoms with Crippen molar-refractivity contribution in [2.45, 2.75) is 39.8 Å². The maximum Gasteiger partial charge on any atom is 0.244 e. The van der Waals surface area contributed by atoms with E-state index in [2.05, 4.69) is 5.32 Å². The molecule has 0 saturated carbocycles. The zero-order valence-electron chi connectivity index (χ0n) is 16.0. The van der Waals surface area contributed by atoms with Gasteiger partial charge in [0.1, 0.15) is 11.9 Å². The summed E-state index contributed by atoms with van der Waals surface area (Å²) in [6, 6.07) is 10.2. The Bertz CT molecular complexity index is 911. The van der Waals surface area contributed by atoms with E-state index in [1.54, 1.807) is 31.2 Å². The van der Waals surface area contributed by atoms with Gasteiger partial charge in [0.15, 0.2) is 0 Å². The van der Waals surface area contributed by atoms with Crippen LogP contribution in [-0.4, -0.2) is 26.6 Å². The van der Waals surface area contributed by atoms with Gasteiger partial charge in [0, 0.05) is 6.54 Å². The number of amides is 1. The molecule has 1 N–H and O–H groups in total. The van der Waals surface area contributed by atoms with Crippen LogP contribution in [0.1, 0.15) is 30.0 Å². The van der Waals surface area contributed by atoms with Crippen LogP contribution in [0.5, 0.6) is 0 Å². The number of anilines is 1. The molecule has 5 nitrogen and oxygen atoms in total. The van der Waals surface area contributed by atoms with Gasteiger partial charge in [-0.3, -0.25) is 9.10 Å². The number of nitrogens with zero attached hydrogens (tertiary/aromatic N) is 1. The van der Waals surface area contributed by atoms with E-state index in [-0.39, 0.29) is 12.4 Å². The molecule has 0 radical (unpaired) electrons. The lowest BCUT2D eigenvalue weighted by atomic mass is 10.1. The first-order valence-corrected chi connectivity index (χ1v) is 10.6. The van der Waals surface area contributed by atoms with Crippen LogP contribution in [0.3, 0.4) is 0 Å². The van der Waals surface area contributed by atoms with Gasteiger partial charge in [-0.25, -0.2) is 12.8 Å². The second-order valence-corrected chi connectivity index (χ2v) is 8.46. The van der Waals surface area contributed by atoms with Crippen LogP contribution < -0.4 is 9.62 Å². The van der Waals surface area contributed by atoms with E-state index in [0.717, 1.165) is 22.9 Å². The number of hydrogen-bond donors (Lipinski definition) is 1. The van der Waals surface area contributed by atoms with Crippen LogP contribution in [0, 0.1) is 19.7 Å². The molecule has 0 saturated heterocycles. The van der Waals surface area contributed by atoms with Gasteiger partial charge in [-0.15, -0.1) is 0 Å². The number of halogens is 1. The highest BCUT2D eigenvalue weighted by atomic mass is 32.2. The number of carbonyl (C=O) groups is 1. The van der Waals surface area contributed by atoms with Crippen LogP contribution in [0.2, 0.25) is 0 Å². The van der Waals surface area contributed by atoms with Crippen molar-refractivity contribution in [3.05, 3.63) is 65.0 Å². The van der Waals surface area contributed by atoms with Crippen molar-refractivity contribution in [3.8, 4) is 0 Å². The van der Waals surface area contributed by atoms with E-state index in [4.69, 9.17) is 0 Å². The van der Waals surface area contributed by atoms with E-state index >= 15 is 0 Å². The van der Waals surface area contributed by atoms with Gasteiger partial charge in [-0.2, -0.15) is 0 Å². The van der Waals surface area contributed by atoms with E-state index in [1.807, 2.05) is 19.9 Å². The fourth-order valence-corrected chi connectivity index (χ4v) is 4.04. The summed E-state index contributed by atoms with van der Waals surface area (Å²) in [4.78, 5) is 12.7. The predicted molar refractivity (Wildman–Crippen MR) is 106 cm³/mol. The topological polar surface area (TPSA) is 66.5 Å². The lowest BCUT2D eigenvalue weighted by Gasteiger charge is -2.30. The quantitative estimate of drug-likeness (QED) is 0.786. The predicted octanol–water partition coefficient (Wildman–Crippen LogP) is 3.30. The number of aryl methyl sites for hydroxylation is 2. The molecule has 2 aromatic rings. The smallest absolute Gasteiger partial charge is 0.244 e. The molecule has 2 rings (SSSR count). The molecule has 1 amide bonds. The summed E-state index contributed by atoms with van der Waals surface area (Å²) in [6.07, 6.45) is 1.41. The summed E-state index contributed by atoms with van der Waals surface area (Å²) in [5.74, 6) is -0.750. The highest BCUT2D eigenvalue weighted by molar-refractivity contribution is 7.92. The summed E-state index contributed by atoms with van der Waals surface area (Å²) in [5.41, 5.74) is 3.19. The Morgan fingerprint density at radius 3 is 2.26 bits per heavy atom. The van der Waals surface area contributed by atoms with Crippen molar-refractivity contribution < 1.29 is 17.6 Å². The van der Waals surface area contributed by atoms with Gasteiger partial charge in [-0.05, 0) is 61.2 Å². The third-order valence-corrected chi connectivity index (χ3v) is 5.63. The van der Waals surface area contributed by atoms with Gasteiger partial charge in [-0.1, -0.05) is 25.1 Å². The van der Waals surface area contributed by atoms with E-state index in [0.29, 0.717) is 12.1 Å². The minimum atomic E-state index is -3.67. The van der Waals surface area contributed by atoms with Crippen molar-refractivity contribution in [2.75, 3.05) is 10.6 Å². The fourth-order valence-electron chi connectivity index (χ4n) is 2.83. The fraction of sp³-hybridized carbons (Fsp3) is 0.350. The first-order valence-electron chi connectivity index (χ1n) is 8.72. The average Bonchev–Trinajstić information content (AvgIpc) is 2.60. The minimum Gasteiger partial charge on any atom is -0.350 e. The maximum atomic E-state index is 13.0. The number of rotatable bonds is 7. The molecule has 2 aromatic carbocycles. The van der Waals surface area contributed by atoms with Crippen LogP contribution in [0.25, 0.3) is 0 Å². The molecule has 1 atom stereocenters. The molecule has 0 heterocycles. The average molecular weight is 392 g/mol. The first kappa shape index (κ1) is 20.9. The van der Waals surface area contributed by atoms with E-state index in [9.17, 15) is 17.6 Å². The largest absolute Gasteiger partial charge is 0.350 e. The highest BCUT2D eigenvalue weighted by Crippen LogP contribution is 2.25. The van der Waals surface area contributed by atoms with Crippen molar-refractivity contribution in [1.29, 1.82) is 0 Å². The molecule has 0 aliphatic carbocycles. The van der Waals surface area contributed by atoms with Crippen LogP contribution in [0.4, 0.5) is 10.1 Å². The zero-order chi connectivity index (χ0) is 20.2. The van der Waals surface area contributed by atoms with E-state index in [1.165, 1.54) is 16.4 Å². The maximum absolute atomic E-state index is 13.0. The Morgan fingerprint density at radius 2 is 1.74 bits per heavy atom. The second kappa shape index (κ2) is 8.52. The molecule has 7 heteroatoms. The Hall–Kier alpha value is -2.41. The van der Waals surface area contributed by atoms with Gasteiger partial charge < -0.3 is 5.32 Å². The molecular formula is C20H25FN2O3S. The number of nitrogens with one attached hydrogen (secondary N) is 1. The summed E-state index contributed by atoms with van der Waals surface area (Å²) < 4.78 is 39.1. The van der Waals surface area contributed by atoms with Crippen molar-refractivity contribution >= 4 is 21.6 Å². The summed E-state index contributed by atoms with van der Waals surface area (Å²) in [7, 11) is -3.67. The molecular weight excluding hydrogens is 367 g/mol. The van der Waals surface area contributed by atoms with Crippen molar-refractivity contribution in [3.63, 3.8) is 0 Å². The molecule has 0 unspecified atom stereocenters. The summed E-state index contributed by atoms with van der Waals surface area (Å²) in [6.45, 7) is 5.80. The SMILES string of the molecule is CC[C@@H](C(=O)NCc1ccc(F)cc1)N(c1ccc(C)c(C)c1)S(C)(=O)=O. The van der Waals surface area contributed by atoms with Crippen LogP contribution in [0.15, 0.2) is 42.5 Å². The molecule has 0 bridgehead atoms. The second-order valence-electron chi connectivity index (χ2n) is 6.60. The van der Waals surface area contributed by atoms with Gasteiger partial charge in [0.25, 0.3) is 0 Å². The monoisotopic (exact) mass is 392 g/mol. The normalized spacial score (nSPS) is 12.5. The first-order chi connectivity index (χ1) is 12.6. The van der Waals surface area contributed by atoms with Crippen LogP contribution in [-0.2, 0) is 21.4 Å². The lowest BCUT2D eigenvalue weighted by Crippen LogP contribution is -2.49. The number of hydrogen-bond acceptors (Lipinski definition) is 3. The number of benzene rings is 2. The minimum absolute atomic E-state index is 0.195. The Balaban J connectivity index is 2.27.